The summed E-state index contributed by atoms with van der Waals surface area (Å²) >= 11 is 0. The molecule has 3 nitrogen and oxygen atoms in total. The summed E-state index contributed by atoms with van der Waals surface area (Å²) in [7, 11) is -7.25. The van der Waals surface area contributed by atoms with Crippen LogP contribution in [0.15, 0.2) is 4.90 Å². The molecule has 0 spiro atoms. The second kappa shape index (κ2) is 8.80. The van der Waals surface area contributed by atoms with Crippen molar-refractivity contribution in [2.24, 2.45) is 0 Å². The van der Waals surface area contributed by atoms with E-state index in [1.54, 1.807) is 0 Å². The molecule has 22 heteroatoms. The normalized spacial score (nSPS) is 14.8. The van der Waals surface area contributed by atoms with Crippen LogP contribution in [-0.4, -0.2) is 42.8 Å². The fraction of sp³-hybridized carbons (Fsp3) is 0.500. The molecule has 0 amide bonds. The quantitative estimate of drug-likeness (QED) is 0.174. The Morgan fingerprint density at radius 2 is 0.853 bits per heavy atom. The number of hydrogen-bond acceptors (Lipinski definition) is 3. The Labute approximate surface area is 196 Å². The predicted octanol–water partition coefficient (Wildman–Crippen LogP) is 2.35. The Kier molecular flexibility index (Phi) is 8.53. The smallest absolute Gasteiger partial charge is 0.744 e. The molecule has 0 saturated heterocycles. The first-order valence-corrected chi connectivity index (χ1v) is 8.33. The van der Waals surface area contributed by atoms with E-state index in [4.69, 9.17) is 0 Å². The Morgan fingerprint density at radius 3 is 1.18 bits per heavy atom. The fourth-order valence-electron chi connectivity index (χ4n) is 2.05. The van der Waals surface area contributed by atoms with E-state index in [1.807, 2.05) is 0 Å². The number of halogens is 17. The van der Waals surface area contributed by atoms with Crippen molar-refractivity contribution in [1.82, 2.24) is 0 Å². The third-order valence-electron chi connectivity index (χ3n) is 3.72. The van der Waals surface area contributed by atoms with Gasteiger partial charge in [0.05, 0.1) is 5.56 Å². The first kappa shape index (κ1) is 32.9. The summed E-state index contributed by atoms with van der Waals surface area (Å²) in [4.78, 5) is -3.90. The third-order valence-corrected chi connectivity index (χ3v) is 4.60. The maximum Gasteiger partial charge on any atom is 1.00 e. The second-order valence-corrected chi connectivity index (χ2v) is 7.10. The van der Waals surface area contributed by atoms with E-state index in [1.165, 1.54) is 0 Å². The van der Waals surface area contributed by atoms with Crippen molar-refractivity contribution in [2.75, 3.05) is 0 Å². The van der Waals surface area contributed by atoms with Gasteiger partial charge in [0.1, 0.15) is 15.0 Å². The van der Waals surface area contributed by atoms with Crippen LogP contribution in [0.2, 0.25) is 0 Å². The predicted molar refractivity (Wildman–Crippen MR) is 64.0 cm³/mol. The summed E-state index contributed by atoms with van der Waals surface area (Å²) in [6, 6.07) is 0. The van der Waals surface area contributed by atoms with Gasteiger partial charge in [-0.3, -0.25) is 0 Å². The van der Waals surface area contributed by atoms with E-state index < -0.39 is 79.6 Å². The van der Waals surface area contributed by atoms with Crippen molar-refractivity contribution >= 4 is 10.1 Å². The van der Waals surface area contributed by atoms with Crippen LogP contribution in [0.3, 0.4) is 0 Å². The fourth-order valence-corrected chi connectivity index (χ4v) is 2.83. The molecule has 0 N–H and O–H groups in total. The van der Waals surface area contributed by atoms with Gasteiger partial charge in [-0.15, -0.1) is 0 Å². The molecule has 0 fully saturated rings. The first-order chi connectivity index (χ1) is 14.1. The van der Waals surface area contributed by atoms with Crippen LogP contribution in [0, 0.1) is 23.3 Å². The number of rotatable bonds is 6. The SMILES string of the molecule is O=S(=O)([O-])c1c(F)c(F)c(F)c(F)c1C(F)(F)C(F)(F)C(F)(F)C(F)(F)C(F)(F)C(F)(F)F.[Na+]. The summed E-state index contributed by atoms with van der Waals surface area (Å²) in [5.41, 5.74) is -4.40. The van der Waals surface area contributed by atoms with Crippen molar-refractivity contribution in [3.63, 3.8) is 0 Å². The molecule has 0 unspecified atom stereocenters. The zero-order chi connectivity index (χ0) is 27.0. The molecule has 0 bridgehead atoms. The largest absolute Gasteiger partial charge is 1.00 e. The minimum atomic E-state index is -8.62. The van der Waals surface area contributed by atoms with Gasteiger partial charge in [-0.05, 0) is 0 Å². The van der Waals surface area contributed by atoms with Crippen LogP contribution < -0.4 is 29.6 Å². The van der Waals surface area contributed by atoms with Gasteiger partial charge in [0.25, 0.3) is 0 Å². The van der Waals surface area contributed by atoms with Crippen LogP contribution in [0.1, 0.15) is 5.56 Å². The van der Waals surface area contributed by atoms with Crippen molar-refractivity contribution in [2.45, 2.75) is 40.7 Å². The van der Waals surface area contributed by atoms with E-state index in [9.17, 15) is 87.6 Å². The van der Waals surface area contributed by atoms with Gasteiger partial charge in [0.15, 0.2) is 23.3 Å². The maximum absolute atomic E-state index is 14.0. The van der Waals surface area contributed by atoms with Crippen LogP contribution in [0.25, 0.3) is 0 Å². The summed E-state index contributed by atoms with van der Waals surface area (Å²) in [5.74, 6) is -56.8. The van der Waals surface area contributed by atoms with Crippen molar-refractivity contribution < 1.29 is 117 Å². The van der Waals surface area contributed by atoms with Gasteiger partial charge < -0.3 is 4.55 Å². The Balaban J connectivity index is 0.0000109. The summed E-state index contributed by atoms with van der Waals surface area (Å²) in [6.07, 6.45) is -7.83. The standard InChI is InChI=1S/C12HF17O3S.Na/c13-2-1(6(33(30,31)32)5(16)4(15)3(2)14)7(17,18)8(19,20)9(21,22)10(23,24)11(25,26)12(27,28)29;/h(H,30,31,32);/q;+1/p-1. The molecule has 0 aromatic heterocycles. The number of hydrogen-bond donors (Lipinski definition) is 0. The maximum atomic E-state index is 14.0. The molecule has 0 aliphatic rings. The molecule has 0 aliphatic heterocycles. The number of alkyl halides is 13. The van der Waals surface area contributed by atoms with Gasteiger partial charge in [-0.2, -0.15) is 57.1 Å². The van der Waals surface area contributed by atoms with Crippen molar-refractivity contribution in [3.8, 4) is 0 Å². The van der Waals surface area contributed by atoms with Gasteiger partial charge >= 0.3 is 65.3 Å². The molecule has 34 heavy (non-hydrogen) atoms. The van der Waals surface area contributed by atoms with E-state index in [2.05, 4.69) is 0 Å². The van der Waals surface area contributed by atoms with E-state index in [-0.39, 0.29) is 29.6 Å². The monoisotopic (exact) mass is 570 g/mol. The molecule has 0 atom stereocenters. The van der Waals surface area contributed by atoms with Gasteiger partial charge in [0.2, 0.25) is 0 Å². The van der Waals surface area contributed by atoms with Crippen LogP contribution >= 0.6 is 0 Å². The van der Waals surface area contributed by atoms with Crippen LogP contribution in [0.4, 0.5) is 74.6 Å². The summed E-state index contributed by atoms with van der Waals surface area (Å²) in [5, 5.41) is 0. The molecule has 0 radical (unpaired) electrons. The minimum absolute atomic E-state index is 0. The van der Waals surface area contributed by atoms with E-state index in [0.717, 1.165) is 0 Å². The van der Waals surface area contributed by atoms with Gasteiger partial charge in [-0.25, -0.2) is 26.0 Å². The molecule has 0 aliphatic carbocycles. The molecule has 0 heterocycles. The number of benzene rings is 1. The van der Waals surface area contributed by atoms with Crippen molar-refractivity contribution in [3.05, 3.63) is 28.8 Å². The molecule has 1 rings (SSSR count). The van der Waals surface area contributed by atoms with E-state index >= 15 is 0 Å². The Bertz CT molecular complexity index is 1060. The average Bonchev–Trinajstić information content (AvgIpc) is 2.59. The Morgan fingerprint density at radius 1 is 0.529 bits per heavy atom. The minimum Gasteiger partial charge on any atom is -0.744 e. The molecular weight excluding hydrogens is 570 g/mol. The van der Waals surface area contributed by atoms with Gasteiger partial charge in [0, 0.05) is 0 Å². The average molecular weight is 570 g/mol. The molecule has 1 aromatic carbocycles. The summed E-state index contributed by atoms with van der Waals surface area (Å²) in [6.45, 7) is 0. The molecule has 0 saturated carbocycles. The van der Waals surface area contributed by atoms with E-state index in [0.29, 0.717) is 0 Å². The topological polar surface area (TPSA) is 57.2 Å². The van der Waals surface area contributed by atoms with Crippen molar-refractivity contribution in [1.29, 1.82) is 0 Å². The molecule has 192 valence electrons. The Hall–Kier alpha value is -1.06. The zero-order valence-corrected chi connectivity index (χ0v) is 17.9. The van der Waals surface area contributed by atoms with Crippen LogP contribution in [-0.2, 0) is 16.0 Å². The van der Waals surface area contributed by atoms with Gasteiger partial charge in [-0.1, -0.05) is 0 Å². The second-order valence-electron chi connectivity index (χ2n) is 5.78. The molecule has 1 aromatic rings. The zero-order valence-electron chi connectivity index (χ0n) is 15.1. The van der Waals surface area contributed by atoms with Crippen LogP contribution in [0.5, 0.6) is 0 Å². The molecular formula is C12F17NaO3S. The summed E-state index contributed by atoms with van der Waals surface area (Å²) < 4.78 is 256. The first-order valence-electron chi connectivity index (χ1n) is 6.92. The third kappa shape index (κ3) is 4.34.